The van der Waals surface area contributed by atoms with E-state index in [9.17, 15) is 4.79 Å². The first-order valence-electron chi connectivity index (χ1n) is 10.5. The number of nitrogens with one attached hydrogen (secondary N) is 1. The van der Waals surface area contributed by atoms with E-state index in [-0.39, 0.29) is 11.8 Å². The van der Waals surface area contributed by atoms with Crippen molar-refractivity contribution in [2.24, 2.45) is 5.92 Å². The van der Waals surface area contributed by atoms with Crippen molar-refractivity contribution in [3.05, 3.63) is 39.8 Å². The summed E-state index contributed by atoms with van der Waals surface area (Å²) in [5, 5.41) is 6.42. The first kappa shape index (κ1) is 20.3. The summed E-state index contributed by atoms with van der Waals surface area (Å²) in [5.74, 6) is 0.234. The highest BCUT2D eigenvalue weighted by Crippen LogP contribution is 2.26. The van der Waals surface area contributed by atoms with Crippen LogP contribution in [0.25, 0.3) is 0 Å². The van der Waals surface area contributed by atoms with Crippen molar-refractivity contribution >= 4 is 28.6 Å². The lowest BCUT2D eigenvalue weighted by molar-refractivity contribution is -0.121. The van der Waals surface area contributed by atoms with E-state index in [0.717, 1.165) is 80.7 Å². The number of nitrogens with zero attached hydrogens (tertiary/aromatic N) is 3. The second-order valence-corrected chi connectivity index (χ2v) is 9.06. The van der Waals surface area contributed by atoms with Crippen LogP contribution in [0.2, 0.25) is 0 Å². The number of hydrogen-bond acceptors (Lipinski definition) is 6. The van der Waals surface area contributed by atoms with Crippen molar-refractivity contribution in [1.82, 2.24) is 9.88 Å². The van der Waals surface area contributed by atoms with Gasteiger partial charge < -0.3 is 15.0 Å². The Hall–Kier alpha value is -1.96. The number of amides is 1. The third kappa shape index (κ3) is 5.15. The number of ether oxygens (including phenoxy) is 1. The summed E-state index contributed by atoms with van der Waals surface area (Å²) in [6.07, 6.45) is 1.81. The van der Waals surface area contributed by atoms with Gasteiger partial charge >= 0.3 is 0 Å². The summed E-state index contributed by atoms with van der Waals surface area (Å²) in [6, 6.07) is 6.31. The molecule has 0 atom stereocenters. The second kappa shape index (κ2) is 9.24. The molecule has 6 nitrogen and oxygen atoms in total. The summed E-state index contributed by atoms with van der Waals surface area (Å²) in [4.78, 5) is 22.1. The van der Waals surface area contributed by atoms with Gasteiger partial charge in [-0.25, -0.2) is 4.98 Å². The second-order valence-electron chi connectivity index (χ2n) is 8.00. The van der Waals surface area contributed by atoms with Crippen molar-refractivity contribution in [3.8, 4) is 0 Å². The van der Waals surface area contributed by atoms with Crippen LogP contribution in [0, 0.1) is 19.8 Å². The van der Waals surface area contributed by atoms with Crippen molar-refractivity contribution in [2.45, 2.75) is 33.2 Å². The van der Waals surface area contributed by atoms with Gasteiger partial charge in [-0.15, -0.1) is 11.3 Å². The number of likely N-dealkylation sites (tertiary alicyclic amines) is 1. The molecule has 0 saturated carbocycles. The molecule has 1 amide bonds. The molecule has 29 heavy (non-hydrogen) atoms. The number of morpholine rings is 1. The predicted octanol–water partition coefficient (Wildman–Crippen LogP) is 3.45. The van der Waals surface area contributed by atoms with Crippen LogP contribution in [0.3, 0.4) is 0 Å². The molecule has 0 radical (unpaired) electrons. The van der Waals surface area contributed by atoms with Crippen molar-refractivity contribution in [3.63, 3.8) is 0 Å². The molecular formula is C22H30N4O2S. The van der Waals surface area contributed by atoms with E-state index in [1.165, 1.54) is 5.69 Å². The molecule has 0 bridgehead atoms. The van der Waals surface area contributed by atoms with Crippen molar-refractivity contribution in [2.75, 3.05) is 49.6 Å². The minimum absolute atomic E-state index is 0.0849. The number of aromatic nitrogens is 1. The number of carbonyl (C=O) groups excluding carboxylic acids is 1. The molecule has 2 aliphatic rings. The summed E-state index contributed by atoms with van der Waals surface area (Å²) >= 11 is 1.70. The third-order valence-electron chi connectivity index (χ3n) is 5.85. The average molecular weight is 415 g/mol. The van der Waals surface area contributed by atoms with Crippen LogP contribution in [-0.2, 0) is 16.1 Å². The van der Waals surface area contributed by atoms with Crippen molar-refractivity contribution in [1.29, 1.82) is 0 Å². The monoisotopic (exact) mass is 414 g/mol. The summed E-state index contributed by atoms with van der Waals surface area (Å²) in [7, 11) is 0. The number of aryl methyl sites for hydroxylation is 2. The van der Waals surface area contributed by atoms with Crippen LogP contribution >= 0.6 is 11.3 Å². The van der Waals surface area contributed by atoms with Gasteiger partial charge in [0.1, 0.15) is 0 Å². The van der Waals surface area contributed by atoms with Gasteiger partial charge in [-0.1, -0.05) is 0 Å². The van der Waals surface area contributed by atoms with Gasteiger partial charge in [0.15, 0.2) is 0 Å². The molecule has 2 aliphatic heterocycles. The Morgan fingerprint density at radius 3 is 2.62 bits per heavy atom. The smallest absolute Gasteiger partial charge is 0.227 e. The predicted molar refractivity (Wildman–Crippen MR) is 118 cm³/mol. The number of thiazole rings is 1. The highest BCUT2D eigenvalue weighted by atomic mass is 32.1. The number of benzene rings is 1. The van der Waals surface area contributed by atoms with Crippen LogP contribution < -0.4 is 10.2 Å². The van der Waals surface area contributed by atoms with Gasteiger partial charge in [-0.2, -0.15) is 0 Å². The lowest BCUT2D eigenvalue weighted by atomic mass is 9.95. The zero-order chi connectivity index (χ0) is 20.2. The van der Waals surface area contributed by atoms with E-state index in [2.05, 4.69) is 44.5 Å². The minimum Gasteiger partial charge on any atom is -0.378 e. The van der Waals surface area contributed by atoms with E-state index >= 15 is 0 Å². The van der Waals surface area contributed by atoms with E-state index in [1.807, 2.05) is 13.0 Å². The quantitative estimate of drug-likeness (QED) is 0.812. The largest absolute Gasteiger partial charge is 0.378 e. The Morgan fingerprint density at radius 2 is 1.97 bits per heavy atom. The van der Waals surface area contributed by atoms with Crippen LogP contribution in [0.4, 0.5) is 11.4 Å². The number of carbonyl (C=O) groups is 1. The lowest BCUT2D eigenvalue weighted by Crippen LogP contribution is -2.38. The highest BCUT2D eigenvalue weighted by Gasteiger charge is 2.25. The molecule has 2 saturated heterocycles. The van der Waals surface area contributed by atoms with Gasteiger partial charge in [0.25, 0.3) is 0 Å². The van der Waals surface area contributed by atoms with Gasteiger partial charge in [0.2, 0.25) is 5.91 Å². The summed E-state index contributed by atoms with van der Waals surface area (Å²) in [6.45, 7) is 10.3. The maximum atomic E-state index is 12.8. The lowest BCUT2D eigenvalue weighted by Gasteiger charge is -2.31. The number of anilines is 2. The van der Waals surface area contributed by atoms with Crippen molar-refractivity contribution < 1.29 is 9.53 Å². The number of rotatable bonds is 5. The third-order valence-corrected chi connectivity index (χ3v) is 6.68. The molecule has 7 heteroatoms. The first-order valence-corrected chi connectivity index (χ1v) is 11.3. The van der Waals surface area contributed by atoms with Crippen LogP contribution in [0.15, 0.2) is 23.6 Å². The molecule has 1 aromatic carbocycles. The molecule has 0 unspecified atom stereocenters. The maximum absolute atomic E-state index is 12.8. The molecule has 156 valence electrons. The molecule has 0 aliphatic carbocycles. The number of hydrogen-bond donors (Lipinski definition) is 1. The van der Waals surface area contributed by atoms with Gasteiger partial charge in [-0.05, 0) is 63.5 Å². The zero-order valence-electron chi connectivity index (χ0n) is 17.3. The van der Waals surface area contributed by atoms with Crippen LogP contribution in [0.5, 0.6) is 0 Å². The SMILES string of the molecule is Cc1nc(CN2CCC(C(=O)Nc3ccc(N4CCOCC4)cc3C)CC2)cs1. The fourth-order valence-corrected chi connectivity index (χ4v) is 4.71. The van der Waals surface area contributed by atoms with E-state index in [1.54, 1.807) is 11.3 Å². The zero-order valence-corrected chi connectivity index (χ0v) is 18.1. The van der Waals surface area contributed by atoms with E-state index < -0.39 is 0 Å². The Bertz CT molecular complexity index is 839. The summed E-state index contributed by atoms with van der Waals surface area (Å²) in [5.41, 5.74) is 4.38. The van der Waals surface area contributed by atoms with Gasteiger partial charge in [0.05, 0.1) is 23.9 Å². The Kier molecular flexibility index (Phi) is 6.47. The molecular weight excluding hydrogens is 384 g/mol. The molecule has 2 fully saturated rings. The highest BCUT2D eigenvalue weighted by molar-refractivity contribution is 7.09. The van der Waals surface area contributed by atoms with Crippen LogP contribution in [-0.4, -0.2) is 55.2 Å². The Balaban J connectivity index is 1.29. The number of piperidine rings is 1. The molecule has 1 N–H and O–H groups in total. The molecule has 1 aromatic heterocycles. The van der Waals surface area contributed by atoms with E-state index in [4.69, 9.17) is 4.74 Å². The first-order chi connectivity index (χ1) is 14.1. The average Bonchev–Trinajstić information content (AvgIpc) is 3.15. The van der Waals surface area contributed by atoms with Gasteiger partial charge in [0, 0.05) is 42.3 Å². The van der Waals surface area contributed by atoms with E-state index in [0.29, 0.717) is 0 Å². The standard InChI is InChI=1S/C22H30N4O2S/c1-16-13-20(26-9-11-28-12-10-26)3-4-21(16)24-22(27)18-5-7-25(8-6-18)14-19-15-29-17(2)23-19/h3-4,13,15,18H,5-12,14H2,1-2H3,(H,24,27). The van der Waals surface area contributed by atoms with Gasteiger partial charge in [-0.3, -0.25) is 9.69 Å². The Labute approximate surface area is 176 Å². The fourth-order valence-electron chi connectivity index (χ4n) is 4.10. The minimum atomic E-state index is 0.0849. The fraction of sp³-hybridized carbons (Fsp3) is 0.545. The van der Waals surface area contributed by atoms with Crippen LogP contribution in [0.1, 0.15) is 29.1 Å². The maximum Gasteiger partial charge on any atom is 0.227 e. The molecule has 2 aromatic rings. The molecule has 0 spiro atoms. The molecule has 4 rings (SSSR count). The Morgan fingerprint density at radius 1 is 1.21 bits per heavy atom. The topological polar surface area (TPSA) is 57.7 Å². The molecule has 3 heterocycles. The normalized spacial score (nSPS) is 18.8. The summed E-state index contributed by atoms with van der Waals surface area (Å²) < 4.78 is 5.43.